The number of nitrogens with zero attached hydrogens (tertiary/aromatic N) is 2. The van der Waals surface area contributed by atoms with E-state index in [-0.39, 0.29) is 5.91 Å². The number of benzene rings is 1. The van der Waals surface area contributed by atoms with Crippen LogP contribution in [0.4, 0.5) is 19.1 Å². The van der Waals surface area contributed by atoms with Crippen LogP contribution >= 0.6 is 11.3 Å². The van der Waals surface area contributed by atoms with Gasteiger partial charge in [0.25, 0.3) is 5.91 Å². The van der Waals surface area contributed by atoms with Crippen molar-refractivity contribution in [3.05, 3.63) is 33.8 Å². The predicted octanol–water partition coefficient (Wildman–Crippen LogP) is 3.69. The summed E-state index contributed by atoms with van der Waals surface area (Å²) >= 11 is 1.48. The first-order chi connectivity index (χ1) is 15.6. The maximum Gasteiger partial charge on any atom is 0.490 e. The molecule has 1 atom stereocenters. The third-order valence-electron chi connectivity index (χ3n) is 4.84. The molecule has 1 unspecified atom stereocenters. The molecule has 4 rings (SSSR count). The number of halogens is 3. The van der Waals surface area contributed by atoms with E-state index in [2.05, 4.69) is 25.6 Å². The molecule has 0 spiro atoms. The second kappa shape index (κ2) is 10.2. The highest BCUT2D eigenvalue weighted by molar-refractivity contribution is 7.14. The lowest BCUT2D eigenvalue weighted by atomic mass is 10.0. The summed E-state index contributed by atoms with van der Waals surface area (Å²) in [6, 6.07) is 5.61. The summed E-state index contributed by atoms with van der Waals surface area (Å²) in [5.74, 6) is -1.48. The Morgan fingerprint density at radius 2 is 2.03 bits per heavy atom. The highest BCUT2D eigenvalue weighted by Gasteiger charge is 2.38. The van der Waals surface area contributed by atoms with Gasteiger partial charge in [-0.3, -0.25) is 10.1 Å². The number of carbonyl (C=O) groups excluding carboxylic acids is 1. The minimum absolute atomic E-state index is 0.187. The zero-order valence-electron chi connectivity index (χ0n) is 17.7. The zero-order chi connectivity index (χ0) is 24.2. The molecule has 13 heteroatoms. The van der Waals surface area contributed by atoms with Crippen molar-refractivity contribution >= 4 is 40.2 Å². The number of hydrogen-bond acceptors (Lipinski definition) is 7. The van der Waals surface area contributed by atoms with Crippen molar-refractivity contribution < 1.29 is 32.6 Å². The molecule has 1 aliphatic rings. The van der Waals surface area contributed by atoms with Crippen LogP contribution in [0.3, 0.4) is 0 Å². The maximum atomic E-state index is 12.7. The Morgan fingerprint density at radius 1 is 1.30 bits per heavy atom. The normalized spacial score (nSPS) is 16.1. The van der Waals surface area contributed by atoms with E-state index in [1.807, 2.05) is 25.1 Å². The van der Waals surface area contributed by atoms with Crippen molar-refractivity contribution in [1.82, 2.24) is 20.3 Å². The number of hydrogen-bond donors (Lipinski definition) is 4. The van der Waals surface area contributed by atoms with E-state index in [1.54, 1.807) is 7.11 Å². The van der Waals surface area contributed by atoms with E-state index in [0.717, 1.165) is 42.1 Å². The average Bonchev–Trinajstić information content (AvgIpc) is 3.36. The number of amides is 1. The minimum Gasteiger partial charge on any atom is -0.494 e. The minimum atomic E-state index is -5.08. The summed E-state index contributed by atoms with van der Waals surface area (Å²) in [6.45, 7) is 3.87. The molecular weight excluding hydrogens is 463 g/mol. The number of aryl methyl sites for hydroxylation is 1. The molecule has 0 bridgehead atoms. The van der Waals surface area contributed by atoms with Crippen molar-refractivity contribution in [2.45, 2.75) is 31.9 Å². The molecule has 0 saturated carbocycles. The van der Waals surface area contributed by atoms with Gasteiger partial charge in [0.1, 0.15) is 16.1 Å². The summed E-state index contributed by atoms with van der Waals surface area (Å²) in [5, 5.41) is 14.4. The van der Waals surface area contributed by atoms with E-state index >= 15 is 0 Å². The Morgan fingerprint density at radius 3 is 2.64 bits per heavy atom. The lowest BCUT2D eigenvalue weighted by Crippen LogP contribution is -2.28. The number of H-pyrrole nitrogens is 1. The molecule has 0 radical (unpaired) electrons. The number of ether oxygens (including phenoxy) is 1. The molecule has 1 saturated heterocycles. The third-order valence-corrected chi connectivity index (χ3v) is 6.15. The quantitative estimate of drug-likeness (QED) is 0.444. The van der Waals surface area contributed by atoms with Crippen molar-refractivity contribution in [3.8, 4) is 5.75 Å². The second-order valence-corrected chi connectivity index (χ2v) is 8.24. The number of aromatic nitrogens is 3. The number of anilines is 1. The first-order valence-electron chi connectivity index (χ1n) is 9.92. The van der Waals surface area contributed by atoms with E-state index < -0.39 is 12.1 Å². The van der Waals surface area contributed by atoms with Gasteiger partial charge in [-0.1, -0.05) is 6.07 Å². The van der Waals surface area contributed by atoms with E-state index in [9.17, 15) is 18.0 Å². The predicted molar refractivity (Wildman–Crippen MR) is 116 cm³/mol. The highest BCUT2D eigenvalue weighted by Crippen LogP contribution is 2.30. The SMILES string of the molecule is COc1cccc2[nH]c(NC(=O)c3sc(C4CCCNC4)nc3C)nc12.O=C(O)C(F)(F)F. The molecule has 2 aromatic heterocycles. The number of thiazole rings is 1. The number of fused-ring (bicyclic) bond motifs is 1. The van der Waals surface area contributed by atoms with Crippen molar-refractivity contribution in [3.63, 3.8) is 0 Å². The van der Waals surface area contributed by atoms with Crippen molar-refractivity contribution in [2.75, 3.05) is 25.5 Å². The number of aliphatic carboxylic acids is 1. The summed E-state index contributed by atoms with van der Waals surface area (Å²) in [4.78, 5) is 34.4. The largest absolute Gasteiger partial charge is 0.494 e. The van der Waals surface area contributed by atoms with Crippen LogP contribution in [0.5, 0.6) is 5.75 Å². The van der Waals surface area contributed by atoms with E-state index in [0.29, 0.717) is 28.0 Å². The number of imidazole rings is 1. The van der Waals surface area contributed by atoms with Crippen LogP contribution in [0.2, 0.25) is 0 Å². The fraction of sp³-hybridized carbons (Fsp3) is 0.400. The topological polar surface area (TPSA) is 129 Å². The summed E-state index contributed by atoms with van der Waals surface area (Å²) in [5.41, 5.74) is 2.27. The molecule has 178 valence electrons. The molecule has 1 fully saturated rings. The molecule has 3 heterocycles. The zero-order valence-corrected chi connectivity index (χ0v) is 18.6. The van der Waals surface area contributed by atoms with Gasteiger partial charge in [-0.15, -0.1) is 11.3 Å². The Bertz CT molecular complexity index is 1140. The van der Waals surface area contributed by atoms with Gasteiger partial charge in [0.15, 0.2) is 0 Å². The number of carboxylic acids is 1. The molecule has 4 N–H and O–H groups in total. The number of piperidine rings is 1. The first kappa shape index (κ1) is 24.5. The second-order valence-electron chi connectivity index (χ2n) is 7.21. The van der Waals surface area contributed by atoms with Gasteiger partial charge in [-0.05, 0) is 38.4 Å². The Balaban J connectivity index is 0.000000383. The van der Waals surface area contributed by atoms with Crippen molar-refractivity contribution in [1.29, 1.82) is 0 Å². The van der Waals surface area contributed by atoms with Gasteiger partial charge in [-0.2, -0.15) is 13.2 Å². The van der Waals surface area contributed by atoms with E-state index in [4.69, 9.17) is 14.6 Å². The average molecular weight is 485 g/mol. The maximum absolute atomic E-state index is 12.7. The van der Waals surface area contributed by atoms with Gasteiger partial charge >= 0.3 is 12.1 Å². The Labute approximate surface area is 190 Å². The van der Waals surface area contributed by atoms with E-state index in [1.165, 1.54) is 11.3 Å². The number of rotatable bonds is 4. The van der Waals surface area contributed by atoms with Crippen LogP contribution < -0.4 is 15.4 Å². The molecule has 1 aromatic carbocycles. The molecule has 3 aromatic rings. The number of carboxylic acid groups (broad SMARTS) is 1. The first-order valence-corrected chi connectivity index (χ1v) is 10.7. The molecule has 1 aliphatic heterocycles. The van der Waals surface area contributed by atoms with Crippen LogP contribution in [-0.4, -0.2) is 58.3 Å². The van der Waals surface area contributed by atoms with Crippen LogP contribution in [0.15, 0.2) is 18.2 Å². The lowest BCUT2D eigenvalue weighted by molar-refractivity contribution is -0.192. The smallest absolute Gasteiger partial charge is 0.490 e. The number of carbonyl (C=O) groups is 2. The van der Waals surface area contributed by atoms with Crippen LogP contribution in [-0.2, 0) is 4.79 Å². The third kappa shape index (κ3) is 5.99. The monoisotopic (exact) mass is 485 g/mol. The fourth-order valence-corrected chi connectivity index (χ4v) is 4.36. The molecule has 33 heavy (non-hydrogen) atoms. The lowest BCUT2D eigenvalue weighted by Gasteiger charge is -2.20. The molecule has 9 nitrogen and oxygen atoms in total. The van der Waals surface area contributed by atoms with Gasteiger partial charge in [0.2, 0.25) is 5.95 Å². The standard InChI is InChI=1S/C18H21N5O2S.C2HF3O2/c1-10-15(26-17(20-10)11-5-4-8-19-9-11)16(24)23-18-21-12-6-3-7-13(25-2)14(12)22-18;3-2(4,5)1(6)7/h3,6-7,11,19H,4-5,8-9H2,1-2H3,(H2,21,22,23,24);(H,6,7). The van der Waals surface area contributed by atoms with Gasteiger partial charge in [0.05, 0.1) is 23.3 Å². The number of para-hydroxylation sites is 1. The molecule has 1 amide bonds. The number of alkyl halides is 3. The van der Waals surface area contributed by atoms with Crippen LogP contribution in [0, 0.1) is 6.92 Å². The van der Waals surface area contributed by atoms with Crippen LogP contribution in [0.1, 0.15) is 39.1 Å². The Hall–Kier alpha value is -3.19. The number of aromatic amines is 1. The summed E-state index contributed by atoms with van der Waals surface area (Å²) in [7, 11) is 1.60. The van der Waals surface area contributed by atoms with Crippen LogP contribution in [0.25, 0.3) is 11.0 Å². The highest BCUT2D eigenvalue weighted by atomic mass is 32.1. The summed E-state index contributed by atoms with van der Waals surface area (Å²) < 4.78 is 37.0. The fourth-order valence-electron chi connectivity index (χ4n) is 3.26. The van der Waals surface area contributed by atoms with Gasteiger partial charge < -0.3 is 20.1 Å². The van der Waals surface area contributed by atoms with Gasteiger partial charge in [-0.25, -0.2) is 14.8 Å². The molecular formula is C20H22F3N5O4S. The number of nitrogens with one attached hydrogen (secondary N) is 3. The van der Waals surface area contributed by atoms with Gasteiger partial charge in [0, 0.05) is 12.5 Å². The van der Waals surface area contributed by atoms with Crippen molar-refractivity contribution in [2.24, 2.45) is 0 Å². The Kier molecular flexibility index (Phi) is 7.53. The number of methoxy groups -OCH3 is 1. The summed E-state index contributed by atoms with van der Waals surface area (Å²) in [6.07, 6.45) is -2.82. The molecule has 0 aliphatic carbocycles.